The molecular weight excluding hydrogens is 214 g/mol. The van der Waals surface area contributed by atoms with Gasteiger partial charge in [0.25, 0.3) is 0 Å². The molecule has 0 aromatic heterocycles. The van der Waals surface area contributed by atoms with Gasteiger partial charge in [0.05, 0.1) is 11.6 Å². The normalized spacial score (nSPS) is 17.4. The van der Waals surface area contributed by atoms with Crippen molar-refractivity contribution in [2.75, 3.05) is 6.54 Å². The van der Waals surface area contributed by atoms with Crippen LogP contribution >= 0.6 is 0 Å². The van der Waals surface area contributed by atoms with Gasteiger partial charge in [-0.15, -0.1) is 0 Å². The van der Waals surface area contributed by atoms with Gasteiger partial charge in [0.2, 0.25) is 0 Å². The zero-order valence-corrected chi connectivity index (χ0v) is 10.2. The number of hydrogen-bond donors (Lipinski definition) is 1. The molecule has 1 aliphatic rings. The summed E-state index contributed by atoms with van der Waals surface area (Å²) in [4.78, 5) is 13.2. The third kappa shape index (κ3) is 2.18. The maximum Gasteiger partial charge on any atom is 0.333 e. The lowest BCUT2D eigenvalue weighted by molar-refractivity contribution is -0.132. The molecule has 2 rings (SSSR count). The summed E-state index contributed by atoms with van der Waals surface area (Å²) in [5.41, 5.74) is 2.67. The third-order valence-electron chi connectivity index (χ3n) is 3.48. The average molecular weight is 231 g/mol. The average Bonchev–Trinajstić information content (AvgIpc) is 2.71. The van der Waals surface area contributed by atoms with Crippen LogP contribution < -0.4 is 0 Å². The number of rotatable bonds is 3. The van der Waals surface area contributed by atoms with Crippen LogP contribution in [0.1, 0.15) is 31.9 Å². The van der Waals surface area contributed by atoms with Crippen molar-refractivity contribution in [1.82, 2.24) is 4.90 Å². The van der Waals surface area contributed by atoms with Gasteiger partial charge >= 0.3 is 5.97 Å². The summed E-state index contributed by atoms with van der Waals surface area (Å²) >= 11 is 0. The molecule has 0 spiro atoms. The number of allylic oxidation sites excluding steroid dienone is 1. The molecule has 90 valence electrons. The zero-order valence-electron chi connectivity index (χ0n) is 10.2. The predicted molar refractivity (Wildman–Crippen MR) is 66.5 cm³/mol. The second kappa shape index (κ2) is 4.62. The van der Waals surface area contributed by atoms with Crippen molar-refractivity contribution < 1.29 is 9.90 Å². The van der Waals surface area contributed by atoms with Crippen LogP contribution in [0.3, 0.4) is 0 Å². The first-order chi connectivity index (χ1) is 8.11. The number of carboxylic acids is 1. The Kier molecular flexibility index (Phi) is 3.18. The van der Waals surface area contributed by atoms with E-state index in [0.717, 1.165) is 12.2 Å². The minimum atomic E-state index is -0.787. The molecule has 1 N–H and O–H groups in total. The topological polar surface area (TPSA) is 40.5 Å². The van der Waals surface area contributed by atoms with Crippen molar-refractivity contribution in [3.63, 3.8) is 0 Å². The second-order valence-electron chi connectivity index (χ2n) is 4.40. The maximum atomic E-state index is 11.0. The van der Waals surface area contributed by atoms with Crippen molar-refractivity contribution in [2.24, 2.45) is 0 Å². The van der Waals surface area contributed by atoms with Gasteiger partial charge in [-0.25, -0.2) is 4.79 Å². The van der Waals surface area contributed by atoms with Crippen LogP contribution in [0, 0.1) is 0 Å². The van der Waals surface area contributed by atoms with Crippen LogP contribution in [-0.4, -0.2) is 22.5 Å². The Balaban J connectivity index is 2.23. The van der Waals surface area contributed by atoms with Gasteiger partial charge in [-0.1, -0.05) is 30.3 Å². The number of hydrogen-bond acceptors (Lipinski definition) is 2. The molecule has 0 fully saturated rings. The third-order valence-corrected chi connectivity index (χ3v) is 3.48. The van der Waals surface area contributed by atoms with Gasteiger partial charge in [-0.3, -0.25) is 0 Å². The van der Waals surface area contributed by atoms with E-state index >= 15 is 0 Å². The molecular formula is C14H17NO2. The number of carbonyl (C=O) groups is 1. The molecule has 0 unspecified atom stereocenters. The van der Waals surface area contributed by atoms with Gasteiger partial charge in [0.15, 0.2) is 0 Å². The van der Waals surface area contributed by atoms with E-state index in [1.54, 1.807) is 0 Å². The van der Waals surface area contributed by atoms with Crippen molar-refractivity contribution in [3.05, 3.63) is 47.2 Å². The van der Waals surface area contributed by atoms with Crippen molar-refractivity contribution in [1.29, 1.82) is 0 Å². The highest BCUT2D eigenvalue weighted by molar-refractivity contribution is 5.87. The van der Waals surface area contributed by atoms with E-state index in [0.29, 0.717) is 12.0 Å². The molecule has 1 atom stereocenters. The lowest BCUT2D eigenvalue weighted by atomic mass is 10.1. The summed E-state index contributed by atoms with van der Waals surface area (Å²) < 4.78 is 0. The summed E-state index contributed by atoms with van der Waals surface area (Å²) in [7, 11) is 0. The van der Waals surface area contributed by atoms with Crippen LogP contribution in [0.5, 0.6) is 0 Å². The minimum absolute atomic E-state index is 0.230. The maximum absolute atomic E-state index is 11.0. The van der Waals surface area contributed by atoms with E-state index in [1.165, 1.54) is 5.56 Å². The summed E-state index contributed by atoms with van der Waals surface area (Å²) in [6, 6.07) is 10.4. The SMILES string of the molecule is CC1=C(C(=O)O)CCN1[C@H](C)c1ccccc1. The second-order valence-corrected chi connectivity index (χ2v) is 4.40. The summed E-state index contributed by atoms with van der Waals surface area (Å²) in [6.45, 7) is 4.81. The summed E-state index contributed by atoms with van der Waals surface area (Å²) in [6.07, 6.45) is 0.637. The lowest BCUT2D eigenvalue weighted by Crippen LogP contribution is -2.22. The molecule has 3 nitrogen and oxygen atoms in total. The Morgan fingerprint density at radius 1 is 1.35 bits per heavy atom. The number of benzene rings is 1. The summed E-state index contributed by atoms with van der Waals surface area (Å²) in [5.74, 6) is -0.787. The molecule has 0 aliphatic carbocycles. The highest BCUT2D eigenvalue weighted by atomic mass is 16.4. The number of carboxylic acid groups (broad SMARTS) is 1. The Hall–Kier alpha value is -1.77. The standard InChI is InChI=1S/C14H17NO2/c1-10(12-6-4-3-5-7-12)15-9-8-13(11(15)2)14(16)17/h3-7,10H,8-9H2,1-2H3,(H,16,17)/t10-/m1/s1. The first-order valence-electron chi connectivity index (χ1n) is 5.86. The molecule has 1 heterocycles. The monoisotopic (exact) mass is 231 g/mol. The van der Waals surface area contributed by atoms with E-state index in [1.807, 2.05) is 25.1 Å². The number of nitrogens with zero attached hydrogens (tertiary/aromatic N) is 1. The fourth-order valence-electron chi connectivity index (χ4n) is 2.41. The van der Waals surface area contributed by atoms with Gasteiger partial charge in [0, 0.05) is 12.2 Å². The van der Waals surface area contributed by atoms with Crippen LogP contribution in [-0.2, 0) is 4.79 Å². The van der Waals surface area contributed by atoms with E-state index < -0.39 is 5.97 Å². The van der Waals surface area contributed by atoms with Crippen molar-refractivity contribution >= 4 is 5.97 Å². The molecule has 1 aliphatic heterocycles. The molecule has 0 saturated carbocycles. The first-order valence-corrected chi connectivity index (χ1v) is 5.86. The highest BCUT2D eigenvalue weighted by Gasteiger charge is 2.27. The van der Waals surface area contributed by atoms with Crippen LogP contribution in [0.4, 0.5) is 0 Å². The Labute approximate surface area is 101 Å². The fraction of sp³-hybridized carbons (Fsp3) is 0.357. The zero-order chi connectivity index (χ0) is 12.4. The molecule has 3 heteroatoms. The lowest BCUT2D eigenvalue weighted by Gasteiger charge is -2.28. The van der Waals surface area contributed by atoms with Crippen LogP contribution in [0.25, 0.3) is 0 Å². The predicted octanol–water partition coefficient (Wildman–Crippen LogP) is 2.81. The fourth-order valence-corrected chi connectivity index (χ4v) is 2.41. The molecule has 0 radical (unpaired) electrons. The first kappa shape index (κ1) is 11.7. The largest absolute Gasteiger partial charge is 0.478 e. The van der Waals surface area contributed by atoms with Gasteiger partial charge < -0.3 is 10.0 Å². The Morgan fingerprint density at radius 3 is 2.53 bits per heavy atom. The quantitative estimate of drug-likeness (QED) is 0.869. The van der Waals surface area contributed by atoms with E-state index in [2.05, 4.69) is 24.0 Å². The van der Waals surface area contributed by atoms with E-state index in [-0.39, 0.29) is 6.04 Å². The van der Waals surface area contributed by atoms with Gasteiger partial charge in [0.1, 0.15) is 0 Å². The van der Waals surface area contributed by atoms with Crippen LogP contribution in [0.15, 0.2) is 41.6 Å². The smallest absolute Gasteiger partial charge is 0.333 e. The van der Waals surface area contributed by atoms with Gasteiger partial charge in [-0.05, 0) is 25.8 Å². The molecule has 17 heavy (non-hydrogen) atoms. The molecule has 1 aromatic rings. The minimum Gasteiger partial charge on any atom is -0.478 e. The molecule has 1 aromatic carbocycles. The van der Waals surface area contributed by atoms with Crippen molar-refractivity contribution in [2.45, 2.75) is 26.3 Å². The molecule has 0 bridgehead atoms. The van der Waals surface area contributed by atoms with E-state index in [4.69, 9.17) is 5.11 Å². The highest BCUT2D eigenvalue weighted by Crippen LogP contribution is 2.31. The molecule has 0 saturated heterocycles. The Bertz CT molecular complexity index is 451. The van der Waals surface area contributed by atoms with Crippen molar-refractivity contribution in [3.8, 4) is 0 Å². The summed E-state index contributed by atoms with van der Waals surface area (Å²) in [5, 5.41) is 9.07. The number of aliphatic carboxylic acids is 1. The van der Waals surface area contributed by atoms with E-state index in [9.17, 15) is 4.79 Å². The molecule has 0 amide bonds. The Morgan fingerprint density at radius 2 is 2.00 bits per heavy atom. The van der Waals surface area contributed by atoms with Gasteiger partial charge in [-0.2, -0.15) is 0 Å². The van der Waals surface area contributed by atoms with Crippen LogP contribution in [0.2, 0.25) is 0 Å².